The predicted octanol–water partition coefficient (Wildman–Crippen LogP) is 1.68. The van der Waals surface area contributed by atoms with E-state index in [1.54, 1.807) is 6.08 Å². The van der Waals surface area contributed by atoms with E-state index in [0.29, 0.717) is 13.0 Å². The number of amides is 1. The van der Waals surface area contributed by atoms with Crippen LogP contribution in [-0.4, -0.2) is 28.9 Å². The van der Waals surface area contributed by atoms with Crippen molar-refractivity contribution in [3.05, 3.63) is 12.7 Å². The van der Waals surface area contributed by atoms with Crippen molar-refractivity contribution in [1.82, 2.24) is 4.90 Å². The Labute approximate surface area is 92.3 Å². The Balaban J connectivity index is 2.52. The minimum Gasteiger partial charge on any atom is -0.337 e. The van der Waals surface area contributed by atoms with E-state index >= 15 is 0 Å². The fourth-order valence-electron chi connectivity index (χ4n) is 1.95. The van der Waals surface area contributed by atoms with Crippen molar-refractivity contribution in [2.24, 2.45) is 5.73 Å². The van der Waals surface area contributed by atoms with Gasteiger partial charge in [0, 0.05) is 24.5 Å². The zero-order chi connectivity index (χ0) is 11.5. The van der Waals surface area contributed by atoms with Gasteiger partial charge >= 0.3 is 0 Å². The number of hydrogen-bond donors (Lipinski definition) is 1. The Kier molecular flexibility index (Phi) is 3.91. The van der Waals surface area contributed by atoms with Crippen LogP contribution in [0.5, 0.6) is 0 Å². The summed E-state index contributed by atoms with van der Waals surface area (Å²) in [5.41, 5.74) is 5.85. The van der Waals surface area contributed by atoms with Gasteiger partial charge in [0.15, 0.2) is 0 Å². The lowest BCUT2D eigenvalue weighted by atomic mass is 9.75. The Hall–Kier alpha value is -0.830. The van der Waals surface area contributed by atoms with Crippen LogP contribution >= 0.6 is 0 Å². The molecule has 0 radical (unpaired) electrons. The molecule has 2 N–H and O–H groups in total. The van der Waals surface area contributed by atoms with Crippen LogP contribution in [-0.2, 0) is 4.79 Å². The van der Waals surface area contributed by atoms with Crippen molar-refractivity contribution in [2.45, 2.75) is 51.1 Å². The van der Waals surface area contributed by atoms with E-state index in [1.807, 2.05) is 18.7 Å². The number of nitrogens with two attached hydrogens (primary N) is 1. The lowest BCUT2D eigenvalue weighted by Gasteiger charge is -2.39. The molecule has 3 nitrogen and oxygen atoms in total. The lowest BCUT2D eigenvalue weighted by Crippen LogP contribution is -2.51. The van der Waals surface area contributed by atoms with Crippen molar-refractivity contribution < 1.29 is 4.79 Å². The molecule has 15 heavy (non-hydrogen) atoms. The zero-order valence-electron chi connectivity index (χ0n) is 9.83. The average molecular weight is 210 g/mol. The SMILES string of the molecule is C=CCN(C(=O)CC1(N)CCC1)C(C)C. The average Bonchev–Trinajstić information content (AvgIpc) is 2.10. The predicted molar refractivity (Wildman–Crippen MR) is 62.4 cm³/mol. The van der Waals surface area contributed by atoms with Crippen LogP contribution < -0.4 is 5.73 Å². The smallest absolute Gasteiger partial charge is 0.224 e. The molecule has 0 spiro atoms. The van der Waals surface area contributed by atoms with Crippen molar-refractivity contribution in [2.75, 3.05) is 6.54 Å². The highest BCUT2D eigenvalue weighted by atomic mass is 16.2. The van der Waals surface area contributed by atoms with Crippen LogP contribution in [0, 0.1) is 0 Å². The molecule has 0 heterocycles. The Morgan fingerprint density at radius 2 is 2.20 bits per heavy atom. The molecule has 0 aliphatic heterocycles. The molecule has 0 unspecified atom stereocenters. The summed E-state index contributed by atoms with van der Waals surface area (Å²) in [6.45, 7) is 8.33. The van der Waals surface area contributed by atoms with Gasteiger partial charge in [0.05, 0.1) is 0 Å². The summed E-state index contributed by atoms with van der Waals surface area (Å²) < 4.78 is 0. The maximum absolute atomic E-state index is 12.0. The standard InChI is InChI=1S/C12H22N2O/c1-4-8-14(10(2)3)11(15)9-12(13)6-5-7-12/h4,10H,1,5-9,13H2,2-3H3. The molecule has 0 aromatic carbocycles. The Morgan fingerprint density at radius 1 is 1.60 bits per heavy atom. The first-order valence-electron chi connectivity index (χ1n) is 5.68. The molecule has 0 atom stereocenters. The first-order chi connectivity index (χ1) is 6.98. The third-order valence-electron chi connectivity index (χ3n) is 3.12. The second kappa shape index (κ2) is 4.79. The fourth-order valence-corrected chi connectivity index (χ4v) is 1.95. The molecule has 1 saturated carbocycles. The van der Waals surface area contributed by atoms with E-state index < -0.39 is 0 Å². The Bertz CT molecular complexity index is 244. The van der Waals surface area contributed by atoms with E-state index in [4.69, 9.17) is 5.73 Å². The summed E-state index contributed by atoms with van der Waals surface area (Å²) in [7, 11) is 0. The molecule has 86 valence electrons. The van der Waals surface area contributed by atoms with Crippen LogP contribution in [0.15, 0.2) is 12.7 Å². The van der Waals surface area contributed by atoms with Gasteiger partial charge < -0.3 is 10.6 Å². The third kappa shape index (κ3) is 3.06. The van der Waals surface area contributed by atoms with Crippen molar-refractivity contribution in [1.29, 1.82) is 0 Å². The number of carbonyl (C=O) groups excluding carboxylic acids is 1. The molecule has 1 fully saturated rings. The van der Waals surface area contributed by atoms with Crippen LogP contribution in [0.1, 0.15) is 39.5 Å². The van der Waals surface area contributed by atoms with Gasteiger partial charge in [0.2, 0.25) is 5.91 Å². The maximum atomic E-state index is 12.0. The van der Waals surface area contributed by atoms with E-state index in [0.717, 1.165) is 19.3 Å². The second-order valence-corrected chi connectivity index (χ2v) is 4.82. The van der Waals surface area contributed by atoms with Gasteiger partial charge in [-0.3, -0.25) is 4.79 Å². The highest BCUT2D eigenvalue weighted by Crippen LogP contribution is 2.32. The monoisotopic (exact) mass is 210 g/mol. The van der Waals surface area contributed by atoms with E-state index in [-0.39, 0.29) is 17.5 Å². The summed E-state index contributed by atoms with van der Waals surface area (Å²) in [6, 6.07) is 0.221. The van der Waals surface area contributed by atoms with E-state index in [1.165, 1.54) is 0 Å². The molecule has 0 aromatic heterocycles. The number of carbonyl (C=O) groups is 1. The molecule has 3 heteroatoms. The molecule has 1 aliphatic rings. The quantitative estimate of drug-likeness (QED) is 0.702. The van der Waals surface area contributed by atoms with Crippen molar-refractivity contribution >= 4 is 5.91 Å². The number of nitrogens with zero attached hydrogens (tertiary/aromatic N) is 1. The summed E-state index contributed by atoms with van der Waals surface area (Å²) in [4.78, 5) is 13.8. The van der Waals surface area contributed by atoms with Crippen LogP contribution in [0.3, 0.4) is 0 Å². The normalized spacial score (nSPS) is 18.4. The fraction of sp³-hybridized carbons (Fsp3) is 0.750. The van der Waals surface area contributed by atoms with Crippen molar-refractivity contribution in [3.8, 4) is 0 Å². The van der Waals surface area contributed by atoms with Gasteiger partial charge in [-0.1, -0.05) is 6.08 Å². The minimum atomic E-state index is -0.217. The molecule has 1 amide bonds. The first kappa shape index (κ1) is 12.2. The summed E-state index contributed by atoms with van der Waals surface area (Å²) in [6.07, 6.45) is 5.38. The largest absolute Gasteiger partial charge is 0.337 e. The van der Waals surface area contributed by atoms with Crippen molar-refractivity contribution in [3.63, 3.8) is 0 Å². The maximum Gasteiger partial charge on any atom is 0.224 e. The molecule has 1 aliphatic carbocycles. The molecular weight excluding hydrogens is 188 g/mol. The number of rotatable bonds is 5. The number of hydrogen-bond acceptors (Lipinski definition) is 2. The Morgan fingerprint density at radius 3 is 2.53 bits per heavy atom. The van der Waals surface area contributed by atoms with E-state index in [9.17, 15) is 4.79 Å². The van der Waals surface area contributed by atoms with Gasteiger partial charge in [0.25, 0.3) is 0 Å². The van der Waals surface area contributed by atoms with Gasteiger partial charge in [0.1, 0.15) is 0 Å². The second-order valence-electron chi connectivity index (χ2n) is 4.82. The van der Waals surface area contributed by atoms with Gasteiger partial charge in [-0.05, 0) is 33.1 Å². The summed E-state index contributed by atoms with van der Waals surface area (Å²) in [5.74, 6) is 0.159. The molecular formula is C12H22N2O. The lowest BCUT2D eigenvalue weighted by molar-refractivity contribution is -0.134. The molecule has 1 rings (SSSR count). The van der Waals surface area contributed by atoms with Crippen LogP contribution in [0.4, 0.5) is 0 Å². The highest BCUT2D eigenvalue weighted by molar-refractivity contribution is 5.78. The summed E-state index contributed by atoms with van der Waals surface area (Å²) in [5, 5.41) is 0. The topological polar surface area (TPSA) is 46.3 Å². The molecule has 0 aromatic rings. The molecule has 0 saturated heterocycles. The first-order valence-corrected chi connectivity index (χ1v) is 5.68. The molecule has 0 bridgehead atoms. The van der Waals surface area contributed by atoms with Gasteiger partial charge in [-0.25, -0.2) is 0 Å². The van der Waals surface area contributed by atoms with Crippen LogP contribution in [0.25, 0.3) is 0 Å². The zero-order valence-corrected chi connectivity index (χ0v) is 9.83. The minimum absolute atomic E-state index is 0.159. The van der Waals surface area contributed by atoms with Gasteiger partial charge in [-0.2, -0.15) is 0 Å². The highest BCUT2D eigenvalue weighted by Gasteiger charge is 2.36. The summed E-state index contributed by atoms with van der Waals surface area (Å²) >= 11 is 0. The van der Waals surface area contributed by atoms with Gasteiger partial charge in [-0.15, -0.1) is 6.58 Å². The van der Waals surface area contributed by atoms with E-state index in [2.05, 4.69) is 6.58 Å². The van der Waals surface area contributed by atoms with Crippen LogP contribution in [0.2, 0.25) is 0 Å². The third-order valence-corrected chi connectivity index (χ3v) is 3.12.